The van der Waals surface area contributed by atoms with Gasteiger partial charge in [-0.25, -0.2) is 0 Å². The molecule has 0 aliphatic carbocycles. The predicted molar refractivity (Wildman–Crippen MR) is 134 cm³/mol. The van der Waals surface area contributed by atoms with E-state index in [0.717, 1.165) is 28.3 Å². The summed E-state index contributed by atoms with van der Waals surface area (Å²) >= 11 is 7.60. The number of hydrogen-bond donors (Lipinski definition) is 3. The van der Waals surface area contributed by atoms with Gasteiger partial charge in [0, 0.05) is 28.6 Å². The van der Waals surface area contributed by atoms with Gasteiger partial charge in [0.1, 0.15) is 11.8 Å². The lowest BCUT2D eigenvalue weighted by molar-refractivity contribution is -0.116. The number of methoxy groups -OCH3 is 1. The second kappa shape index (κ2) is 10.6. The number of thioether (sulfide) groups is 1. The third-order valence-corrected chi connectivity index (χ3v) is 6.60. The van der Waals surface area contributed by atoms with E-state index in [4.69, 9.17) is 16.3 Å². The van der Waals surface area contributed by atoms with E-state index in [-0.39, 0.29) is 17.9 Å². The smallest absolute Gasteiger partial charge is 0.251 e. The summed E-state index contributed by atoms with van der Waals surface area (Å²) < 4.78 is 5.21. The van der Waals surface area contributed by atoms with Crippen LogP contribution in [0, 0.1) is 0 Å². The number of nitrogens with one attached hydrogen (secondary N) is 3. The van der Waals surface area contributed by atoms with Crippen LogP contribution >= 0.6 is 23.4 Å². The number of rotatable bonds is 8. The van der Waals surface area contributed by atoms with Crippen LogP contribution in [0.15, 0.2) is 66.7 Å². The SMILES string of the molecule is COc1cccc(CNC(=O)c2ccc3c(c2)NC(=O)C(CSCc2ccc(Cl)cc2)N3)c1. The van der Waals surface area contributed by atoms with Crippen molar-refractivity contribution in [1.29, 1.82) is 0 Å². The molecule has 3 N–H and O–H groups in total. The van der Waals surface area contributed by atoms with Crippen LogP contribution in [0.5, 0.6) is 5.75 Å². The summed E-state index contributed by atoms with van der Waals surface area (Å²) in [7, 11) is 1.61. The zero-order valence-corrected chi connectivity index (χ0v) is 19.6. The largest absolute Gasteiger partial charge is 0.497 e. The fraction of sp³-hybridized carbons (Fsp3) is 0.200. The molecule has 1 aliphatic heterocycles. The van der Waals surface area contributed by atoms with E-state index in [1.165, 1.54) is 0 Å². The number of carbonyl (C=O) groups is 2. The third-order valence-electron chi connectivity index (χ3n) is 5.24. The minimum atomic E-state index is -0.345. The zero-order valence-electron chi connectivity index (χ0n) is 18.1. The maximum Gasteiger partial charge on any atom is 0.251 e. The molecule has 6 nitrogen and oxygen atoms in total. The van der Waals surface area contributed by atoms with E-state index in [2.05, 4.69) is 16.0 Å². The summed E-state index contributed by atoms with van der Waals surface area (Å²) in [5.41, 5.74) is 3.98. The third kappa shape index (κ3) is 6.00. The van der Waals surface area contributed by atoms with Gasteiger partial charge in [0.25, 0.3) is 5.91 Å². The van der Waals surface area contributed by atoms with Crippen molar-refractivity contribution >= 4 is 46.6 Å². The Bertz CT molecular complexity index is 1150. The first-order chi connectivity index (χ1) is 16.0. The van der Waals surface area contributed by atoms with E-state index in [9.17, 15) is 9.59 Å². The van der Waals surface area contributed by atoms with Crippen LogP contribution in [-0.4, -0.2) is 30.7 Å². The first-order valence-corrected chi connectivity index (χ1v) is 12.0. The van der Waals surface area contributed by atoms with Crippen molar-refractivity contribution in [3.05, 3.63) is 88.4 Å². The summed E-state index contributed by atoms with van der Waals surface area (Å²) in [4.78, 5) is 25.2. The van der Waals surface area contributed by atoms with Crippen LogP contribution in [0.3, 0.4) is 0 Å². The number of ether oxygens (including phenoxy) is 1. The van der Waals surface area contributed by atoms with Crippen LogP contribution in [0.4, 0.5) is 11.4 Å². The average molecular weight is 482 g/mol. The highest BCUT2D eigenvalue weighted by atomic mass is 35.5. The molecule has 0 aromatic heterocycles. The quantitative estimate of drug-likeness (QED) is 0.424. The van der Waals surface area contributed by atoms with Gasteiger partial charge >= 0.3 is 0 Å². The molecule has 33 heavy (non-hydrogen) atoms. The zero-order chi connectivity index (χ0) is 23.2. The van der Waals surface area contributed by atoms with Crippen molar-refractivity contribution in [1.82, 2.24) is 5.32 Å². The molecule has 170 valence electrons. The lowest BCUT2D eigenvalue weighted by atomic mass is 10.1. The molecule has 0 saturated heterocycles. The number of anilines is 2. The first kappa shape index (κ1) is 23.0. The van der Waals surface area contributed by atoms with E-state index in [0.29, 0.717) is 28.6 Å². The Morgan fingerprint density at radius 2 is 1.88 bits per heavy atom. The van der Waals surface area contributed by atoms with Crippen molar-refractivity contribution in [2.75, 3.05) is 23.5 Å². The standard InChI is InChI=1S/C25H24ClN3O3S/c1-32-20-4-2-3-17(11-20)13-27-24(30)18-7-10-21-22(12-18)29-25(31)23(28-21)15-33-14-16-5-8-19(26)9-6-16/h2-12,23,28H,13-15H2,1H3,(H,27,30)(H,29,31). The molecule has 8 heteroatoms. The summed E-state index contributed by atoms with van der Waals surface area (Å²) in [6.07, 6.45) is 0. The number of carbonyl (C=O) groups excluding carboxylic acids is 2. The van der Waals surface area contributed by atoms with Crippen LogP contribution in [-0.2, 0) is 17.1 Å². The van der Waals surface area contributed by atoms with Gasteiger partial charge in [0.15, 0.2) is 0 Å². The number of benzene rings is 3. The van der Waals surface area contributed by atoms with Crippen molar-refractivity contribution in [3.8, 4) is 5.75 Å². The van der Waals surface area contributed by atoms with Gasteiger partial charge < -0.3 is 20.7 Å². The summed E-state index contributed by atoms with van der Waals surface area (Å²) in [5, 5.41) is 9.81. The van der Waals surface area contributed by atoms with Crippen LogP contribution < -0.4 is 20.7 Å². The maximum absolute atomic E-state index is 12.6. The Hall–Kier alpha value is -3.16. The Labute approximate surface area is 202 Å². The molecule has 0 bridgehead atoms. The highest BCUT2D eigenvalue weighted by molar-refractivity contribution is 7.98. The molecule has 3 aromatic carbocycles. The molecule has 1 atom stereocenters. The second-order valence-electron chi connectivity index (χ2n) is 7.62. The van der Waals surface area contributed by atoms with Crippen molar-refractivity contribution in [3.63, 3.8) is 0 Å². The minimum Gasteiger partial charge on any atom is -0.497 e. The summed E-state index contributed by atoms with van der Waals surface area (Å²) in [6, 6.07) is 20.2. The first-order valence-electron chi connectivity index (χ1n) is 10.5. The highest BCUT2D eigenvalue weighted by Gasteiger charge is 2.26. The Balaban J connectivity index is 1.33. The molecule has 4 rings (SSSR count). The van der Waals surface area contributed by atoms with Gasteiger partial charge in [-0.2, -0.15) is 11.8 Å². The number of fused-ring (bicyclic) bond motifs is 1. The van der Waals surface area contributed by atoms with E-state index >= 15 is 0 Å². The van der Waals surface area contributed by atoms with Crippen molar-refractivity contribution in [2.24, 2.45) is 0 Å². The molecule has 0 radical (unpaired) electrons. The second-order valence-corrected chi connectivity index (χ2v) is 9.09. The lowest BCUT2D eigenvalue weighted by Crippen LogP contribution is -2.40. The lowest BCUT2D eigenvalue weighted by Gasteiger charge is -2.27. The van der Waals surface area contributed by atoms with E-state index < -0.39 is 0 Å². The van der Waals surface area contributed by atoms with E-state index in [1.54, 1.807) is 31.0 Å². The highest BCUT2D eigenvalue weighted by Crippen LogP contribution is 2.29. The Morgan fingerprint density at radius 1 is 1.06 bits per heavy atom. The summed E-state index contributed by atoms with van der Waals surface area (Å²) in [6.45, 7) is 0.380. The Morgan fingerprint density at radius 3 is 2.67 bits per heavy atom. The molecule has 3 aromatic rings. The van der Waals surface area contributed by atoms with E-state index in [1.807, 2.05) is 54.6 Å². The van der Waals surface area contributed by atoms with Crippen LogP contribution in [0.1, 0.15) is 21.5 Å². The van der Waals surface area contributed by atoms with Gasteiger partial charge in [-0.05, 0) is 53.6 Å². The molecule has 1 heterocycles. The number of amides is 2. The normalized spacial score (nSPS) is 14.6. The Kier molecular flexibility index (Phi) is 7.42. The minimum absolute atomic E-state index is 0.111. The summed E-state index contributed by atoms with van der Waals surface area (Å²) in [5.74, 6) is 1.83. The molecular formula is C25H24ClN3O3S. The van der Waals surface area contributed by atoms with Gasteiger partial charge in [0.2, 0.25) is 5.91 Å². The fourth-order valence-electron chi connectivity index (χ4n) is 3.45. The van der Waals surface area contributed by atoms with Crippen molar-refractivity contribution < 1.29 is 14.3 Å². The molecular weight excluding hydrogens is 458 g/mol. The van der Waals surface area contributed by atoms with Gasteiger partial charge in [-0.3, -0.25) is 9.59 Å². The van der Waals surface area contributed by atoms with Crippen LogP contribution in [0.2, 0.25) is 5.02 Å². The number of hydrogen-bond acceptors (Lipinski definition) is 5. The molecule has 1 aliphatic rings. The molecule has 0 spiro atoms. The average Bonchev–Trinajstić information content (AvgIpc) is 2.84. The topological polar surface area (TPSA) is 79.5 Å². The molecule has 1 unspecified atom stereocenters. The fourth-order valence-corrected chi connectivity index (χ4v) is 4.59. The monoisotopic (exact) mass is 481 g/mol. The van der Waals surface area contributed by atoms with Crippen molar-refractivity contribution in [2.45, 2.75) is 18.3 Å². The predicted octanol–water partition coefficient (Wildman–Crippen LogP) is 4.94. The molecule has 0 saturated carbocycles. The van der Waals surface area contributed by atoms with Gasteiger partial charge in [0.05, 0.1) is 18.5 Å². The van der Waals surface area contributed by atoms with Gasteiger partial charge in [-0.15, -0.1) is 0 Å². The maximum atomic E-state index is 12.6. The molecule has 0 fully saturated rings. The molecule has 2 amide bonds. The van der Waals surface area contributed by atoms with Crippen LogP contribution in [0.25, 0.3) is 0 Å². The number of halogens is 1. The van der Waals surface area contributed by atoms with Gasteiger partial charge in [-0.1, -0.05) is 35.9 Å².